The van der Waals surface area contributed by atoms with E-state index >= 15 is 0 Å². The topological polar surface area (TPSA) is 66.1 Å². The van der Waals surface area contributed by atoms with Crippen molar-refractivity contribution in [2.75, 3.05) is 13.1 Å². The molecule has 120 valence electrons. The minimum atomic E-state index is -0.247. The van der Waals surface area contributed by atoms with Crippen LogP contribution in [0.1, 0.15) is 42.6 Å². The zero-order valence-corrected chi connectivity index (χ0v) is 13.1. The lowest BCUT2D eigenvalue weighted by Crippen LogP contribution is -2.45. The van der Waals surface area contributed by atoms with E-state index in [9.17, 15) is 9.59 Å². The van der Waals surface area contributed by atoms with E-state index in [0.29, 0.717) is 22.4 Å². The molecule has 1 aliphatic heterocycles. The van der Waals surface area contributed by atoms with Crippen LogP contribution in [0.5, 0.6) is 0 Å². The number of carbonyl (C=O) groups excluding carboxylic acids is 1. The molecule has 1 N–H and O–H groups in total. The molecule has 0 bridgehead atoms. The summed E-state index contributed by atoms with van der Waals surface area (Å²) in [7, 11) is 0. The molecule has 2 atom stereocenters. The number of nitrogens with one attached hydrogen (secondary N) is 1. The van der Waals surface area contributed by atoms with Crippen molar-refractivity contribution in [3.05, 3.63) is 40.3 Å². The Kier molecular flexibility index (Phi) is 3.63. The Morgan fingerprint density at radius 3 is 2.65 bits per heavy atom. The van der Waals surface area contributed by atoms with Crippen LogP contribution in [0.4, 0.5) is 0 Å². The Bertz CT molecular complexity index is 798. The van der Waals surface area contributed by atoms with Crippen LogP contribution in [0, 0.1) is 11.8 Å². The largest absolute Gasteiger partial charge is 0.337 e. The van der Waals surface area contributed by atoms with E-state index in [4.69, 9.17) is 0 Å². The molecule has 1 aromatic heterocycles. The van der Waals surface area contributed by atoms with Crippen LogP contribution in [-0.4, -0.2) is 34.1 Å². The third-order valence-electron chi connectivity index (χ3n) is 5.48. The van der Waals surface area contributed by atoms with Gasteiger partial charge in [0.15, 0.2) is 5.69 Å². The van der Waals surface area contributed by atoms with Crippen molar-refractivity contribution >= 4 is 16.7 Å². The molecule has 5 nitrogen and oxygen atoms in total. The summed E-state index contributed by atoms with van der Waals surface area (Å²) in [6.45, 7) is 1.63. The molecule has 0 radical (unpaired) electrons. The Hall–Kier alpha value is -2.17. The number of H-pyrrole nitrogens is 1. The third-order valence-corrected chi connectivity index (χ3v) is 5.48. The van der Waals surface area contributed by atoms with Gasteiger partial charge in [0.05, 0.1) is 5.39 Å². The second-order valence-electron chi connectivity index (χ2n) is 6.79. The van der Waals surface area contributed by atoms with Crippen LogP contribution in [0.15, 0.2) is 29.1 Å². The summed E-state index contributed by atoms with van der Waals surface area (Å²) in [5, 5.41) is 7.69. The zero-order valence-electron chi connectivity index (χ0n) is 13.1. The molecule has 2 aromatic rings. The van der Waals surface area contributed by atoms with Gasteiger partial charge < -0.3 is 4.90 Å². The summed E-state index contributed by atoms with van der Waals surface area (Å²) < 4.78 is 0. The molecule has 1 aliphatic carbocycles. The highest BCUT2D eigenvalue weighted by molar-refractivity contribution is 6.04. The minimum absolute atomic E-state index is 0.0542. The lowest BCUT2D eigenvalue weighted by molar-refractivity contribution is 0.0516. The number of nitrogens with zero attached hydrogens (tertiary/aromatic N) is 2. The van der Waals surface area contributed by atoms with E-state index in [1.807, 2.05) is 11.0 Å². The summed E-state index contributed by atoms with van der Waals surface area (Å²) in [6, 6.07) is 7.19. The number of carbonyl (C=O) groups is 1. The lowest BCUT2D eigenvalue weighted by atomic mass is 9.75. The number of aromatic nitrogens is 2. The van der Waals surface area contributed by atoms with Gasteiger partial charge in [-0.1, -0.05) is 37.5 Å². The number of benzene rings is 1. The number of amides is 1. The summed E-state index contributed by atoms with van der Waals surface area (Å²) >= 11 is 0. The van der Waals surface area contributed by atoms with Gasteiger partial charge in [0.25, 0.3) is 11.5 Å². The van der Waals surface area contributed by atoms with Crippen molar-refractivity contribution in [1.29, 1.82) is 0 Å². The Balaban J connectivity index is 1.65. The first kappa shape index (κ1) is 14.4. The molecule has 2 aliphatic rings. The summed E-state index contributed by atoms with van der Waals surface area (Å²) in [4.78, 5) is 26.7. The molecule has 23 heavy (non-hydrogen) atoms. The molecule has 1 saturated carbocycles. The Labute approximate surface area is 134 Å². The molecule has 1 saturated heterocycles. The molecule has 2 heterocycles. The van der Waals surface area contributed by atoms with E-state index in [2.05, 4.69) is 10.2 Å². The average Bonchev–Trinajstić information content (AvgIpc) is 2.61. The highest BCUT2D eigenvalue weighted by atomic mass is 16.2. The number of likely N-dealkylation sites (tertiary alicyclic amines) is 1. The molecular weight excluding hydrogens is 290 g/mol. The number of piperidine rings is 1. The number of aromatic amines is 1. The Morgan fingerprint density at radius 2 is 1.83 bits per heavy atom. The second-order valence-corrected chi connectivity index (χ2v) is 6.79. The van der Waals surface area contributed by atoms with Crippen molar-refractivity contribution in [1.82, 2.24) is 15.1 Å². The van der Waals surface area contributed by atoms with Gasteiger partial charge in [-0.3, -0.25) is 9.59 Å². The molecule has 4 rings (SSSR count). The standard InChI is InChI=1S/C18H21N3O2/c22-17-15-8-4-3-7-14(15)16(19-20-17)18(23)21-10-9-12-5-1-2-6-13(12)11-21/h3-4,7-8,12-13H,1-2,5-6,9-11H2,(H,20,22)/t12-,13-/m1/s1. The van der Waals surface area contributed by atoms with Crippen molar-refractivity contribution in [2.24, 2.45) is 11.8 Å². The molecule has 0 spiro atoms. The first-order valence-corrected chi connectivity index (χ1v) is 8.51. The normalized spacial score (nSPS) is 24.4. The second kappa shape index (κ2) is 5.80. The highest BCUT2D eigenvalue weighted by Gasteiger charge is 2.34. The quantitative estimate of drug-likeness (QED) is 0.880. The maximum atomic E-state index is 12.9. The predicted molar refractivity (Wildman–Crippen MR) is 88.3 cm³/mol. The van der Waals surface area contributed by atoms with Gasteiger partial charge in [-0.05, 0) is 30.7 Å². The molecule has 1 aromatic carbocycles. The lowest BCUT2D eigenvalue weighted by Gasteiger charge is -2.41. The fraction of sp³-hybridized carbons (Fsp3) is 0.500. The maximum Gasteiger partial charge on any atom is 0.274 e. The van der Waals surface area contributed by atoms with Crippen molar-refractivity contribution in [3.8, 4) is 0 Å². The van der Waals surface area contributed by atoms with Crippen LogP contribution in [0.2, 0.25) is 0 Å². The molecule has 0 unspecified atom stereocenters. The van der Waals surface area contributed by atoms with Gasteiger partial charge in [0.1, 0.15) is 0 Å². The van der Waals surface area contributed by atoms with E-state index < -0.39 is 0 Å². The predicted octanol–water partition coefficient (Wildman–Crippen LogP) is 2.58. The monoisotopic (exact) mass is 311 g/mol. The zero-order chi connectivity index (χ0) is 15.8. The number of hydrogen-bond acceptors (Lipinski definition) is 3. The number of hydrogen-bond donors (Lipinski definition) is 1. The first-order valence-electron chi connectivity index (χ1n) is 8.51. The summed E-state index contributed by atoms with van der Waals surface area (Å²) in [6.07, 6.45) is 6.25. The fourth-order valence-electron chi connectivity index (χ4n) is 4.21. The number of rotatable bonds is 1. The van der Waals surface area contributed by atoms with Gasteiger partial charge in [-0.2, -0.15) is 5.10 Å². The molecule has 5 heteroatoms. The fourth-order valence-corrected chi connectivity index (χ4v) is 4.21. The van der Waals surface area contributed by atoms with Crippen LogP contribution in [0.3, 0.4) is 0 Å². The molecular formula is C18H21N3O2. The van der Waals surface area contributed by atoms with Gasteiger partial charge in [-0.15, -0.1) is 0 Å². The summed E-state index contributed by atoms with van der Waals surface area (Å²) in [5.74, 6) is 1.37. The minimum Gasteiger partial charge on any atom is -0.337 e. The highest BCUT2D eigenvalue weighted by Crippen LogP contribution is 2.36. The molecule has 2 fully saturated rings. The van der Waals surface area contributed by atoms with E-state index in [1.54, 1.807) is 18.2 Å². The third kappa shape index (κ3) is 2.54. The van der Waals surface area contributed by atoms with Crippen LogP contribution < -0.4 is 5.56 Å². The molecule has 1 amide bonds. The Morgan fingerprint density at radius 1 is 1.09 bits per heavy atom. The van der Waals surface area contributed by atoms with Gasteiger partial charge in [-0.25, -0.2) is 5.10 Å². The van der Waals surface area contributed by atoms with Crippen LogP contribution in [-0.2, 0) is 0 Å². The van der Waals surface area contributed by atoms with E-state index in [-0.39, 0.29) is 11.5 Å². The average molecular weight is 311 g/mol. The van der Waals surface area contributed by atoms with Gasteiger partial charge >= 0.3 is 0 Å². The van der Waals surface area contributed by atoms with E-state index in [1.165, 1.54) is 25.7 Å². The SMILES string of the molecule is O=C(c1n[nH]c(=O)c2ccccc12)N1CC[C@H]2CCCC[C@@H]2C1. The maximum absolute atomic E-state index is 12.9. The van der Waals surface area contributed by atoms with Gasteiger partial charge in [0, 0.05) is 18.5 Å². The van der Waals surface area contributed by atoms with Crippen molar-refractivity contribution < 1.29 is 4.79 Å². The van der Waals surface area contributed by atoms with Crippen LogP contribution >= 0.6 is 0 Å². The smallest absolute Gasteiger partial charge is 0.274 e. The van der Waals surface area contributed by atoms with Crippen molar-refractivity contribution in [2.45, 2.75) is 32.1 Å². The number of fused-ring (bicyclic) bond motifs is 2. The van der Waals surface area contributed by atoms with E-state index in [0.717, 1.165) is 25.4 Å². The van der Waals surface area contributed by atoms with Gasteiger partial charge in [0.2, 0.25) is 0 Å². The van der Waals surface area contributed by atoms with Crippen LogP contribution in [0.25, 0.3) is 10.8 Å². The van der Waals surface area contributed by atoms with Crippen molar-refractivity contribution in [3.63, 3.8) is 0 Å². The first-order chi connectivity index (χ1) is 11.2. The summed E-state index contributed by atoms with van der Waals surface area (Å²) in [5.41, 5.74) is 0.123.